The Balaban J connectivity index is 1.95. The maximum atomic E-state index is 10.9. The number of halogens is 1. The third-order valence-electron chi connectivity index (χ3n) is 3.18. The van der Waals surface area contributed by atoms with E-state index in [9.17, 15) is 10.1 Å². The molecule has 0 aromatic heterocycles. The summed E-state index contributed by atoms with van der Waals surface area (Å²) in [4.78, 5) is 12.5. The standard InChI is InChI=1S/C13H18ClN3O3/c1-16(9-11-7-15-4-5-20-11)8-10-2-3-12(14)13(6-10)17(18)19/h2-3,6,11,15H,4-5,7-9H2,1H3. The predicted octanol–water partition coefficient (Wildman–Crippen LogP) is 1.67. The minimum atomic E-state index is -0.458. The molecule has 1 atom stereocenters. The minimum Gasteiger partial charge on any atom is -0.374 e. The lowest BCUT2D eigenvalue weighted by Gasteiger charge is -2.28. The van der Waals surface area contributed by atoms with E-state index in [1.165, 1.54) is 6.07 Å². The van der Waals surface area contributed by atoms with Gasteiger partial charge in [-0.3, -0.25) is 15.0 Å². The first kappa shape index (κ1) is 15.2. The third kappa shape index (κ3) is 4.14. The van der Waals surface area contributed by atoms with Crippen LogP contribution in [0.4, 0.5) is 5.69 Å². The van der Waals surface area contributed by atoms with Crippen molar-refractivity contribution in [3.63, 3.8) is 0 Å². The number of nitro groups is 1. The summed E-state index contributed by atoms with van der Waals surface area (Å²) >= 11 is 5.80. The second-order valence-electron chi connectivity index (χ2n) is 4.94. The molecule has 1 heterocycles. The third-order valence-corrected chi connectivity index (χ3v) is 3.50. The van der Waals surface area contributed by atoms with Gasteiger partial charge in [0.25, 0.3) is 5.69 Å². The largest absolute Gasteiger partial charge is 0.374 e. The zero-order chi connectivity index (χ0) is 14.5. The van der Waals surface area contributed by atoms with E-state index in [0.717, 1.165) is 31.8 Å². The molecule has 1 saturated heterocycles. The highest BCUT2D eigenvalue weighted by molar-refractivity contribution is 6.32. The average Bonchev–Trinajstić information content (AvgIpc) is 2.41. The van der Waals surface area contributed by atoms with E-state index in [1.54, 1.807) is 6.07 Å². The highest BCUT2D eigenvalue weighted by Gasteiger charge is 2.17. The highest BCUT2D eigenvalue weighted by Crippen LogP contribution is 2.25. The van der Waals surface area contributed by atoms with Gasteiger partial charge in [0.2, 0.25) is 0 Å². The van der Waals surface area contributed by atoms with E-state index in [1.807, 2.05) is 13.1 Å². The van der Waals surface area contributed by atoms with Gasteiger partial charge in [0.1, 0.15) is 5.02 Å². The maximum absolute atomic E-state index is 10.9. The molecule has 7 heteroatoms. The summed E-state index contributed by atoms with van der Waals surface area (Å²) in [6.07, 6.45) is 0.163. The lowest BCUT2D eigenvalue weighted by molar-refractivity contribution is -0.384. The molecule has 1 aliphatic heterocycles. The van der Waals surface area contributed by atoms with Crippen molar-refractivity contribution in [2.75, 3.05) is 33.3 Å². The molecule has 0 saturated carbocycles. The van der Waals surface area contributed by atoms with Crippen LogP contribution in [0.15, 0.2) is 18.2 Å². The first-order valence-corrected chi connectivity index (χ1v) is 6.87. The Morgan fingerprint density at radius 1 is 1.60 bits per heavy atom. The number of ether oxygens (including phenoxy) is 1. The number of rotatable bonds is 5. The first-order valence-electron chi connectivity index (χ1n) is 6.50. The lowest BCUT2D eigenvalue weighted by atomic mass is 10.2. The van der Waals surface area contributed by atoms with Gasteiger partial charge in [-0.2, -0.15) is 0 Å². The SMILES string of the molecule is CN(Cc1ccc(Cl)c([N+](=O)[O-])c1)CC1CNCCO1. The second-order valence-corrected chi connectivity index (χ2v) is 5.34. The Hall–Kier alpha value is -1.21. The van der Waals surface area contributed by atoms with Gasteiger partial charge in [0.05, 0.1) is 17.6 Å². The molecule has 0 aliphatic carbocycles. The smallest absolute Gasteiger partial charge is 0.288 e. The van der Waals surface area contributed by atoms with Crippen molar-refractivity contribution in [1.29, 1.82) is 0 Å². The van der Waals surface area contributed by atoms with Crippen LogP contribution in [-0.4, -0.2) is 49.2 Å². The van der Waals surface area contributed by atoms with Gasteiger partial charge in [0.15, 0.2) is 0 Å². The van der Waals surface area contributed by atoms with Crippen LogP contribution in [0.1, 0.15) is 5.56 Å². The summed E-state index contributed by atoms with van der Waals surface area (Å²) in [6.45, 7) is 3.86. The summed E-state index contributed by atoms with van der Waals surface area (Å²) in [5.74, 6) is 0. The van der Waals surface area contributed by atoms with Crippen LogP contribution in [0.25, 0.3) is 0 Å². The topological polar surface area (TPSA) is 67.6 Å². The Morgan fingerprint density at radius 3 is 3.05 bits per heavy atom. The van der Waals surface area contributed by atoms with Crippen LogP contribution in [0, 0.1) is 10.1 Å². The Kier molecular flexibility index (Phi) is 5.31. The normalized spacial score (nSPS) is 19.2. The lowest BCUT2D eigenvalue weighted by Crippen LogP contribution is -2.44. The molecule has 1 N–H and O–H groups in total. The second kappa shape index (κ2) is 6.99. The number of nitrogens with one attached hydrogen (secondary N) is 1. The number of morpholine rings is 1. The van der Waals surface area contributed by atoms with Crippen LogP contribution >= 0.6 is 11.6 Å². The van der Waals surface area contributed by atoms with Crippen LogP contribution < -0.4 is 5.32 Å². The molecule has 1 aliphatic rings. The molecular formula is C13H18ClN3O3. The Labute approximate surface area is 122 Å². The van der Waals surface area contributed by atoms with E-state index < -0.39 is 4.92 Å². The number of nitro benzene ring substituents is 1. The summed E-state index contributed by atoms with van der Waals surface area (Å²) < 4.78 is 5.63. The van der Waals surface area contributed by atoms with Crippen molar-refractivity contribution in [3.05, 3.63) is 38.9 Å². The molecule has 0 bridgehead atoms. The van der Waals surface area contributed by atoms with E-state index >= 15 is 0 Å². The Bertz CT molecular complexity index is 478. The van der Waals surface area contributed by atoms with Crippen LogP contribution in [0.5, 0.6) is 0 Å². The fraction of sp³-hybridized carbons (Fsp3) is 0.538. The predicted molar refractivity (Wildman–Crippen MR) is 77.1 cm³/mol. The number of hydrogen-bond acceptors (Lipinski definition) is 5. The number of nitrogens with zero attached hydrogens (tertiary/aromatic N) is 2. The van der Waals surface area contributed by atoms with Gasteiger partial charge in [-0.1, -0.05) is 17.7 Å². The Morgan fingerprint density at radius 2 is 2.40 bits per heavy atom. The number of likely N-dealkylation sites (N-methyl/N-ethyl adjacent to an activating group) is 1. The molecule has 1 unspecified atom stereocenters. The van der Waals surface area contributed by atoms with Gasteiger partial charge >= 0.3 is 0 Å². The molecule has 2 rings (SSSR count). The molecule has 6 nitrogen and oxygen atoms in total. The molecule has 1 aromatic rings. The van der Waals surface area contributed by atoms with Gasteiger partial charge < -0.3 is 10.1 Å². The van der Waals surface area contributed by atoms with Gasteiger partial charge in [0, 0.05) is 32.2 Å². The van der Waals surface area contributed by atoms with Crippen molar-refractivity contribution in [3.8, 4) is 0 Å². The number of hydrogen-bond donors (Lipinski definition) is 1. The monoisotopic (exact) mass is 299 g/mol. The summed E-state index contributed by atoms with van der Waals surface area (Å²) in [7, 11) is 1.97. The van der Waals surface area contributed by atoms with E-state index in [0.29, 0.717) is 6.54 Å². The molecule has 1 fully saturated rings. The van der Waals surface area contributed by atoms with Crippen molar-refractivity contribution >= 4 is 17.3 Å². The zero-order valence-electron chi connectivity index (χ0n) is 11.3. The van der Waals surface area contributed by atoms with Gasteiger partial charge in [-0.25, -0.2) is 0 Å². The summed E-state index contributed by atoms with van der Waals surface area (Å²) in [5, 5.41) is 14.3. The maximum Gasteiger partial charge on any atom is 0.288 e. The van der Waals surface area contributed by atoms with Crippen LogP contribution in [0.3, 0.4) is 0 Å². The van der Waals surface area contributed by atoms with E-state index in [2.05, 4.69) is 10.2 Å². The van der Waals surface area contributed by atoms with Crippen molar-refractivity contribution in [1.82, 2.24) is 10.2 Å². The molecule has 20 heavy (non-hydrogen) atoms. The summed E-state index contributed by atoms with van der Waals surface area (Å²) in [6, 6.07) is 4.91. The van der Waals surface area contributed by atoms with Crippen molar-refractivity contribution in [2.24, 2.45) is 0 Å². The van der Waals surface area contributed by atoms with E-state index in [-0.39, 0.29) is 16.8 Å². The minimum absolute atomic E-state index is 0.0480. The van der Waals surface area contributed by atoms with E-state index in [4.69, 9.17) is 16.3 Å². The molecular weight excluding hydrogens is 282 g/mol. The van der Waals surface area contributed by atoms with Gasteiger partial charge in [-0.15, -0.1) is 0 Å². The number of benzene rings is 1. The molecule has 110 valence electrons. The summed E-state index contributed by atoms with van der Waals surface area (Å²) in [5.41, 5.74) is 0.820. The quantitative estimate of drug-likeness (QED) is 0.662. The van der Waals surface area contributed by atoms with Gasteiger partial charge in [-0.05, 0) is 18.7 Å². The fourth-order valence-electron chi connectivity index (χ4n) is 2.26. The molecule has 0 radical (unpaired) electrons. The van der Waals surface area contributed by atoms with Crippen molar-refractivity contribution in [2.45, 2.75) is 12.6 Å². The zero-order valence-corrected chi connectivity index (χ0v) is 12.1. The molecule has 0 amide bonds. The van der Waals surface area contributed by atoms with Crippen LogP contribution in [-0.2, 0) is 11.3 Å². The highest BCUT2D eigenvalue weighted by atomic mass is 35.5. The van der Waals surface area contributed by atoms with Crippen LogP contribution in [0.2, 0.25) is 5.02 Å². The first-order chi connectivity index (χ1) is 9.56. The average molecular weight is 300 g/mol. The molecule has 0 spiro atoms. The fourth-order valence-corrected chi connectivity index (χ4v) is 2.44. The van der Waals surface area contributed by atoms with Crippen molar-refractivity contribution < 1.29 is 9.66 Å². The molecule has 1 aromatic carbocycles.